The molecule has 3 atom stereocenters. The Kier molecular flexibility index (Phi) is 14.8. The number of carbonyl (C=O) groups is 2. The van der Waals surface area contributed by atoms with E-state index in [0.717, 1.165) is 0 Å². The molecule has 0 aliphatic carbocycles. The zero-order valence-corrected chi connectivity index (χ0v) is 15.2. The summed E-state index contributed by atoms with van der Waals surface area (Å²) in [5.41, 5.74) is 0. The SMILES string of the molecule is COCCOC(=O)C(CC(C)OCCO)C(C)C(=O)[O-].[Na+]. The molecule has 21 heavy (non-hydrogen) atoms. The fraction of sp³-hybridized carbons (Fsp3) is 0.846. The van der Waals surface area contributed by atoms with Crippen LogP contribution >= 0.6 is 0 Å². The Labute approximate surface area is 147 Å². The van der Waals surface area contributed by atoms with Crippen LogP contribution in [0.5, 0.6) is 0 Å². The molecule has 0 aliphatic rings. The second-order valence-electron chi connectivity index (χ2n) is 4.52. The molecule has 0 bridgehead atoms. The van der Waals surface area contributed by atoms with Gasteiger partial charge in [0.2, 0.25) is 0 Å². The van der Waals surface area contributed by atoms with E-state index in [9.17, 15) is 14.7 Å². The number of ether oxygens (including phenoxy) is 3. The summed E-state index contributed by atoms with van der Waals surface area (Å²) < 4.78 is 14.9. The molecule has 3 unspecified atom stereocenters. The average Bonchev–Trinajstić information content (AvgIpc) is 2.41. The third kappa shape index (κ3) is 10.2. The third-order valence-electron chi connectivity index (χ3n) is 2.89. The zero-order valence-electron chi connectivity index (χ0n) is 13.2. The van der Waals surface area contributed by atoms with Crippen molar-refractivity contribution in [1.29, 1.82) is 0 Å². The maximum Gasteiger partial charge on any atom is 1.00 e. The number of carboxylic acids is 1. The van der Waals surface area contributed by atoms with Gasteiger partial charge in [-0.3, -0.25) is 4.79 Å². The van der Waals surface area contributed by atoms with E-state index in [0.29, 0.717) is 0 Å². The van der Waals surface area contributed by atoms with Crippen LogP contribution in [0.25, 0.3) is 0 Å². The molecule has 0 amide bonds. The minimum Gasteiger partial charge on any atom is -0.550 e. The van der Waals surface area contributed by atoms with E-state index in [-0.39, 0.29) is 68.5 Å². The first-order chi connectivity index (χ1) is 9.43. The number of aliphatic hydroxyl groups excluding tert-OH is 1. The van der Waals surface area contributed by atoms with E-state index in [1.54, 1.807) is 6.92 Å². The van der Waals surface area contributed by atoms with Gasteiger partial charge in [0, 0.05) is 19.0 Å². The van der Waals surface area contributed by atoms with Crippen molar-refractivity contribution in [3.63, 3.8) is 0 Å². The second-order valence-corrected chi connectivity index (χ2v) is 4.52. The van der Waals surface area contributed by atoms with E-state index in [2.05, 4.69) is 0 Å². The Balaban J connectivity index is 0. The molecular weight excluding hydrogens is 291 g/mol. The first kappa shape index (κ1) is 23.1. The maximum atomic E-state index is 11.9. The molecule has 0 aromatic heterocycles. The van der Waals surface area contributed by atoms with Crippen LogP contribution < -0.4 is 34.7 Å². The molecule has 8 heteroatoms. The molecule has 1 N–H and O–H groups in total. The van der Waals surface area contributed by atoms with Crippen LogP contribution in [0.1, 0.15) is 20.3 Å². The van der Waals surface area contributed by atoms with Gasteiger partial charge in [-0.05, 0) is 13.3 Å². The van der Waals surface area contributed by atoms with Crippen LogP contribution in [-0.4, -0.2) is 56.7 Å². The molecule has 0 fully saturated rings. The predicted octanol–water partition coefficient (Wildman–Crippen LogP) is -4.03. The van der Waals surface area contributed by atoms with Crippen LogP contribution in [-0.2, 0) is 23.8 Å². The number of esters is 1. The minimum atomic E-state index is -1.31. The van der Waals surface area contributed by atoms with E-state index < -0.39 is 23.8 Å². The third-order valence-corrected chi connectivity index (χ3v) is 2.89. The number of rotatable bonds is 11. The molecular formula is C13H23NaO7. The zero-order chi connectivity index (χ0) is 15.5. The summed E-state index contributed by atoms with van der Waals surface area (Å²) in [6, 6.07) is 0. The quantitative estimate of drug-likeness (QED) is 0.235. The van der Waals surface area contributed by atoms with Crippen LogP contribution in [0.3, 0.4) is 0 Å². The molecule has 0 saturated carbocycles. The molecule has 0 rings (SSSR count). The molecule has 0 radical (unpaired) electrons. The Morgan fingerprint density at radius 2 is 1.81 bits per heavy atom. The Bertz CT molecular complexity index is 298. The van der Waals surface area contributed by atoms with E-state index in [1.807, 2.05) is 0 Å². The van der Waals surface area contributed by atoms with Gasteiger partial charge in [0.05, 0.1) is 31.8 Å². The number of hydrogen-bond acceptors (Lipinski definition) is 7. The van der Waals surface area contributed by atoms with Crippen LogP contribution in [0.4, 0.5) is 0 Å². The van der Waals surface area contributed by atoms with Crippen molar-refractivity contribution in [2.24, 2.45) is 11.8 Å². The number of hydrogen-bond donors (Lipinski definition) is 1. The molecule has 7 nitrogen and oxygen atoms in total. The summed E-state index contributed by atoms with van der Waals surface area (Å²) in [6.07, 6.45) is -0.190. The normalized spacial score (nSPS) is 14.7. The van der Waals surface area contributed by atoms with Gasteiger partial charge in [0.1, 0.15) is 6.61 Å². The van der Waals surface area contributed by atoms with Gasteiger partial charge >= 0.3 is 35.5 Å². The van der Waals surface area contributed by atoms with Crippen LogP contribution in [0.2, 0.25) is 0 Å². The summed E-state index contributed by atoms with van der Waals surface area (Å²) in [6.45, 7) is 3.41. The molecule has 0 aromatic rings. The first-order valence-electron chi connectivity index (χ1n) is 6.52. The fourth-order valence-electron chi connectivity index (χ4n) is 1.68. The standard InChI is InChI=1S/C13H24O7.Na/c1-9(19-5-4-14)8-11(10(2)12(15)16)13(17)20-7-6-18-3;/h9-11,14H,4-8H2,1-3H3,(H,15,16);/q;+1/p-1. The molecule has 0 aromatic carbocycles. The van der Waals surface area contributed by atoms with Crippen molar-refractivity contribution < 1.29 is 63.6 Å². The average molecular weight is 314 g/mol. The predicted molar refractivity (Wildman–Crippen MR) is 67.6 cm³/mol. The summed E-state index contributed by atoms with van der Waals surface area (Å²) >= 11 is 0. The van der Waals surface area contributed by atoms with Crippen molar-refractivity contribution in [1.82, 2.24) is 0 Å². The number of carboxylic acid groups (broad SMARTS) is 1. The Morgan fingerprint density at radius 3 is 2.29 bits per heavy atom. The van der Waals surface area contributed by atoms with Crippen LogP contribution in [0, 0.1) is 11.8 Å². The minimum absolute atomic E-state index is 0. The molecule has 0 saturated heterocycles. The van der Waals surface area contributed by atoms with Crippen molar-refractivity contribution in [2.75, 3.05) is 33.5 Å². The van der Waals surface area contributed by atoms with Gasteiger partial charge in [0.25, 0.3) is 0 Å². The van der Waals surface area contributed by atoms with Crippen molar-refractivity contribution in [2.45, 2.75) is 26.4 Å². The molecule has 0 spiro atoms. The summed E-state index contributed by atoms with van der Waals surface area (Å²) in [5, 5.41) is 19.6. The van der Waals surface area contributed by atoms with Gasteiger partial charge in [-0.1, -0.05) is 6.92 Å². The Hall–Kier alpha value is -0.180. The fourth-order valence-corrected chi connectivity index (χ4v) is 1.68. The number of carbonyl (C=O) groups excluding carboxylic acids is 2. The smallest absolute Gasteiger partial charge is 0.550 e. The topological polar surface area (TPSA) is 105 Å². The summed E-state index contributed by atoms with van der Waals surface area (Å²) in [4.78, 5) is 22.8. The van der Waals surface area contributed by atoms with Crippen molar-refractivity contribution >= 4 is 11.9 Å². The van der Waals surface area contributed by atoms with Crippen LogP contribution in [0.15, 0.2) is 0 Å². The second kappa shape index (κ2) is 13.5. The van der Waals surface area contributed by atoms with Crippen molar-refractivity contribution in [3.8, 4) is 0 Å². The maximum absolute atomic E-state index is 11.9. The number of aliphatic carboxylic acids is 1. The first-order valence-corrected chi connectivity index (χ1v) is 6.52. The molecule has 0 heterocycles. The van der Waals surface area contributed by atoms with Gasteiger partial charge in [-0.15, -0.1) is 0 Å². The summed E-state index contributed by atoms with van der Waals surface area (Å²) in [7, 11) is 1.47. The molecule has 118 valence electrons. The van der Waals surface area contributed by atoms with E-state index >= 15 is 0 Å². The van der Waals surface area contributed by atoms with Gasteiger partial charge in [-0.25, -0.2) is 0 Å². The summed E-state index contributed by atoms with van der Waals surface area (Å²) in [5.74, 6) is -3.76. The Morgan fingerprint density at radius 1 is 1.19 bits per heavy atom. The van der Waals surface area contributed by atoms with Gasteiger partial charge in [-0.2, -0.15) is 0 Å². The number of aliphatic hydroxyl groups is 1. The molecule has 0 aliphatic heterocycles. The largest absolute Gasteiger partial charge is 1.00 e. The van der Waals surface area contributed by atoms with Gasteiger partial charge in [0.15, 0.2) is 0 Å². The van der Waals surface area contributed by atoms with Crippen molar-refractivity contribution in [3.05, 3.63) is 0 Å². The number of methoxy groups -OCH3 is 1. The van der Waals surface area contributed by atoms with E-state index in [4.69, 9.17) is 19.3 Å². The monoisotopic (exact) mass is 314 g/mol. The van der Waals surface area contributed by atoms with E-state index in [1.165, 1.54) is 14.0 Å². The van der Waals surface area contributed by atoms with Gasteiger partial charge < -0.3 is 29.2 Å².